The maximum absolute atomic E-state index is 13.8. The number of thiophene rings is 1. The number of fused-ring (bicyclic) bond motifs is 3. The third-order valence-electron chi connectivity index (χ3n) is 5.46. The molecule has 1 aliphatic rings. The molecule has 31 heavy (non-hydrogen) atoms. The third-order valence-corrected chi connectivity index (χ3v) is 7.70. The predicted octanol–water partition coefficient (Wildman–Crippen LogP) is 3.62. The van der Waals surface area contributed by atoms with Crippen molar-refractivity contribution in [2.24, 2.45) is 5.73 Å². The van der Waals surface area contributed by atoms with E-state index >= 15 is 0 Å². The van der Waals surface area contributed by atoms with Crippen LogP contribution in [0.2, 0.25) is 0 Å². The molecule has 7 nitrogen and oxygen atoms in total. The second-order valence-corrected chi connectivity index (χ2v) is 10.2. The highest BCUT2D eigenvalue weighted by molar-refractivity contribution is 8.00. The van der Waals surface area contributed by atoms with Gasteiger partial charge in [-0.2, -0.15) is 0 Å². The van der Waals surface area contributed by atoms with Crippen LogP contribution in [0.3, 0.4) is 0 Å². The molecule has 0 aliphatic heterocycles. The zero-order chi connectivity index (χ0) is 22.3. The maximum atomic E-state index is 13.8. The van der Waals surface area contributed by atoms with Gasteiger partial charge >= 0.3 is 6.03 Å². The van der Waals surface area contributed by atoms with Crippen LogP contribution in [0.5, 0.6) is 0 Å². The summed E-state index contributed by atoms with van der Waals surface area (Å²) in [5, 5.41) is 2.56. The highest BCUT2D eigenvalue weighted by atomic mass is 32.2. The van der Waals surface area contributed by atoms with Gasteiger partial charge in [-0.05, 0) is 69.2 Å². The molecular weight excluding hydrogens is 432 g/mol. The summed E-state index contributed by atoms with van der Waals surface area (Å²) in [5.41, 5.74) is 8.82. The van der Waals surface area contributed by atoms with Crippen LogP contribution in [-0.2, 0) is 17.6 Å². The fraction of sp³-hybridized carbons (Fsp3) is 0.364. The molecule has 0 saturated heterocycles. The van der Waals surface area contributed by atoms with Crippen LogP contribution in [0.4, 0.5) is 4.79 Å². The van der Waals surface area contributed by atoms with E-state index in [1.54, 1.807) is 22.8 Å². The topological polar surface area (TPSA) is 107 Å². The number of thioether (sulfide) groups is 1. The monoisotopic (exact) mass is 456 g/mol. The number of rotatable bonds is 4. The van der Waals surface area contributed by atoms with Crippen molar-refractivity contribution in [3.05, 3.63) is 50.1 Å². The summed E-state index contributed by atoms with van der Waals surface area (Å²) in [5.74, 6) is -0.523. The molecule has 2 aromatic heterocycles. The average Bonchev–Trinajstić information content (AvgIpc) is 3.08. The van der Waals surface area contributed by atoms with Gasteiger partial charge in [0, 0.05) is 4.88 Å². The second kappa shape index (κ2) is 8.47. The SMILES string of the molecule is Cc1ccc(C)c(-n2c(SC(C)C(=O)NC(N)=O)nc3sc4c(c3c2=O)CCCC4)c1. The Bertz CT molecular complexity index is 1260. The van der Waals surface area contributed by atoms with E-state index < -0.39 is 17.2 Å². The van der Waals surface area contributed by atoms with Gasteiger partial charge in [-0.25, -0.2) is 9.78 Å². The minimum absolute atomic E-state index is 0.108. The van der Waals surface area contributed by atoms with Crippen molar-refractivity contribution in [1.29, 1.82) is 0 Å². The number of aryl methyl sites for hydroxylation is 4. The summed E-state index contributed by atoms with van der Waals surface area (Å²) in [4.78, 5) is 44.0. The van der Waals surface area contributed by atoms with Gasteiger partial charge in [-0.15, -0.1) is 11.3 Å². The van der Waals surface area contributed by atoms with E-state index in [9.17, 15) is 14.4 Å². The molecule has 0 saturated carbocycles. The molecule has 1 unspecified atom stereocenters. The smallest absolute Gasteiger partial charge is 0.318 e. The lowest BCUT2D eigenvalue weighted by molar-refractivity contribution is -0.119. The lowest BCUT2D eigenvalue weighted by Crippen LogP contribution is -2.39. The zero-order valence-corrected chi connectivity index (χ0v) is 19.3. The number of nitrogens with two attached hydrogens (primary N) is 1. The number of carbonyl (C=O) groups is 2. The number of aromatic nitrogens is 2. The van der Waals surface area contributed by atoms with Crippen LogP contribution < -0.4 is 16.6 Å². The number of imide groups is 1. The van der Waals surface area contributed by atoms with E-state index in [1.165, 1.54) is 4.88 Å². The van der Waals surface area contributed by atoms with Crippen molar-refractivity contribution < 1.29 is 9.59 Å². The van der Waals surface area contributed by atoms with E-state index in [1.807, 2.05) is 32.0 Å². The van der Waals surface area contributed by atoms with E-state index in [4.69, 9.17) is 10.7 Å². The minimum atomic E-state index is -0.904. The van der Waals surface area contributed by atoms with E-state index in [0.717, 1.165) is 59.8 Å². The quantitative estimate of drug-likeness (QED) is 0.461. The summed E-state index contributed by atoms with van der Waals surface area (Å²) >= 11 is 2.72. The number of primary amides is 1. The fourth-order valence-electron chi connectivity index (χ4n) is 3.87. The third kappa shape index (κ3) is 4.12. The van der Waals surface area contributed by atoms with Gasteiger partial charge in [0.1, 0.15) is 4.83 Å². The number of hydrogen-bond acceptors (Lipinski definition) is 6. The van der Waals surface area contributed by atoms with E-state index in [0.29, 0.717) is 15.4 Å². The Morgan fingerprint density at radius 1 is 1.26 bits per heavy atom. The van der Waals surface area contributed by atoms with Gasteiger partial charge in [-0.1, -0.05) is 23.9 Å². The lowest BCUT2D eigenvalue weighted by atomic mass is 9.97. The summed E-state index contributed by atoms with van der Waals surface area (Å²) in [7, 11) is 0. The molecule has 2 heterocycles. The van der Waals surface area contributed by atoms with Gasteiger partial charge in [0.05, 0.1) is 16.3 Å². The molecule has 0 radical (unpaired) electrons. The van der Waals surface area contributed by atoms with Crippen molar-refractivity contribution in [3.63, 3.8) is 0 Å². The molecule has 3 N–H and O–H groups in total. The molecule has 0 spiro atoms. The molecule has 0 fully saturated rings. The van der Waals surface area contributed by atoms with Crippen molar-refractivity contribution >= 4 is 45.3 Å². The Labute approximate surface area is 188 Å². The molecular formula is C22H24N4O3S2. The van der Waals surface area contributed by atoms with Gasteiger partial charge in [0.25, 0.3) is 5.56 Å². The first-order valence-electron chi connectivity index (χ1n) is 10.2. The predicted molar refractivity (Wildman–Crippen MR) is 124 cm³/mol. The first kappa shape index (κ1) is 21.6. The van der Waals surface area contributed by atoms with Crippen molar-refractivity contribution in [3.8, 4) is 5.69 Å². The molecule has 1 aliphatic carbocycles. The highest BCUT2D eigenvalue weighted by Gasteiger charge is 2.26. The van der Waals surface area contributed by atoms with Gasteiger partial charge in [-0.3, -0.25) is 19.5 Å². The Kier molecular flexibility index (Phi) is 5.90. The zero-order valence-electron chi connectivity index (χ0n) is 17.7. The first-order valence-corrected chi connectivity index (χ1v) is 11.9. The maximum Gasteiger partial charge on any atom is 0.318 e. The minimum Gasteiger partial charge on any atom is -0.351 e. The van der Waals surface area contributed by atoms with Crippen molar-refractivity contribution in [1.82, 2.24) is 14.9 Å². The number of hydrogen-bond donors (Lipinski definition) is 2. The Hall–Kier alpha value is -2.65. The number of amides is 3. The number of urea groups is 1. The fourth-order valence-corrected chi connectivity index (χ4v) is 6.10. The first-order chi connectivity index (χ1) is 14.8. The summed E-state index contributed by atoms with van der Waals surface area (Å²) < 4.78 is 1.62. The van der Waals surface area contributed by atoms with Crippen LogP contribution in [-0.4, -0.2) is 26.7 Å². The Morgan fingerprint density at radius 3 is 2.74 bits per heavy atom. The summed E-state index contributed by atoms with van der Waals surface area (Å²) in [6, 6.07) is 5.03. The van der Waals surface area contributed by atoms with Crippen LogP contribution in [0.1, 0.15) is 41.3 Å². The van der Waals surface area contributed by atoms with E-state index in [-0.39, 0.29) is 5.56 Å². The summed E-state index contributed by atoms with van der Waals surface area (Å²) in [6.07, 6.45) is 4.06. The molecule has 9 heteroatoms. The number of nitrogens with zero attached hydrogens (tertiary/aromatic N) is 2. The van der Waals surface area contributed by atoms with Crippen LogP contribution in [0.25, 0.3) is 15.9 Å². The number of benzene rings is 1. The lowest BCUT2D eigenvalue weighted by Gasteiger charge is -2.17. The summed E-state index contributed by atoms with van der Waals surface area (Å²) in [6.45, 7) is 5.58. The standard InChI is InChI=1S/C22H24N4O3S2/c1-11-8-9-12(2)15(10-11)26-20(28)17-14-6-4-5-7-16(14)31-19(17)25-22(26)30-13(3)18(27)24-21(23)29/h8-10,13H,4-7H2,1-3H3,(H3,23,24,27,29). The second-order valence-electron chi connectivity index (χ2n) is 7.83. The van der Waals surface area contributed by atoms with Crippen LogP contribution in [0, 0.1) is 13.8 Å². The number of nitrogens with one attached hydrogen (secondary N) is 1. The molecule has 1 atom stereocenters. The molecule has 3 amide bonds. The van der Waals surface area contributed by atoms with Gasteiger partial charge in [0.15, 0.2) is 5.16 Å². The van der Waals surface area contributed by atoms with Gasteiger partial charge in [0.2, 0.25) is 5.91 Å². The molecule has 162 valence electrons. The van der Waals surface area contributed by atoms with Crippen LogP contribution >= 0.6 is 23.1 Å². The largest absolute Gasteiger partial charge is 0.351 e. The molecule has 3 aromatic rings. The highest BCUT2D eigenvalue weighted by Crippen LogP contribution is 2.36. The average molecular weight is 457 g/mol. The van der Waals surface area contributed by atoms with Gasteiger partial charge < -0.3 is 5.73 Å². The van der Waals surface area contributed by atoms with Crippen molar-refractivity contribution in [2.75, 3.05) is 0 Å². The van der Waals surface area contributed by atoms with E-state index in [2.05, 4.69) is 5.32 Å². The Balaban J connectivity index is 1.93. The van der Waals surface area contributed by atoms with Crippen LogP contribution in [0.15, 0.2) is 28.2 Å². The molecule has 0 bridgehead atoms. The molecule has 1 aromatic carbocycles. The number of carbonyl (C=O) groups excluding carboxylic acids is 2. The molecule has 4 rings (SSSR count). The normalized spacial score (nSPS) is 14.3. The Morgan fingerprint density at radius 2 is 2.00 bits per heavy atom. The van der Waals surface area contributed by atoms with Crippen molar-refractivity contribution in [2.45, 2.75) is 56.9 Å².